The van der Waals surface area contributed by atoms with Gasteiger partial charge in [0, 0.05) is 6.26 Å². The molecule has 0 saturated carbocycles. The second-order valence-electron chi connectivity index (χ2n) is 5.55. The van der Waals surface area contributed by atoms with Crippen molar-refractivity contribution in [1.82, 2.24) is 0 Å². The van der Waals surface area contributed by atoms with Gasteiger partial charge in [0.15, 0.2) is 9.84 Å². The van der Waals surface area contributed by atoms with Crippen molar-refractivity contribution in [3.05, 3.63) is 42.0 Å². The topological polar surface area (TPSA) is 60.4 Å². The zero-order valence-corrected chi connectivity index (χ0v) is 13.1. The van der Waals surface area contributed by atoms with Crippen LogP contribution in [0.5, 0.6) is 0 Å². The number of ether oxygens (including phenoxy) is 1. The van der Waals surface area contributed by atoms with E-state index in [0.717, 1.165) is 19.1 Å². The predicted octanol–water partition coefficient (Wildman–Crippen LogP) is 2.85. The van der Waals surface area contributed by atoms with Gasteiger partial charge in [-0.15, -0.1) is 0 Å². The molecule has 0 fully saturated rings. The summed E-state index contributed by atoms with van der Waals surface area (Å²) in [6.07, 6.45) is 7.21. The molecule has 1 aliphatic rings. The van der Waals surface area contributed by atoms with E-state index in [4.69, 9.17) is 4.74 Å². The summed E-state index contributed by atoms with van der Waals surface area (Å²) >= 11 is 0. The molecule has 0 bridgehead atoms. The maximum absolute atomic E-state index is 12.2. The summed E-state index contributed by atoms with van der Waals surface area (Å²) in [4.78, 5) is 12.2. The van der Waals surface area contributed by atoms with Crippen LogP contribution >= 0.6 is 0 Å². The first-order valence-electron chi connectivity index (χ1n) is 7.01. The van der Waals surface area contributed by atoms with Crippen LogP contribution in [0.3, 0.4) is 0 Å². The lowest BCUT2D eigenvalue weighted by molar-refractivity contribution is 0.0391. The van der Waals surface area contributed by atoms with Crippen molar-refractivity contribution in [2.75, 3.05) is 12.9 Å². The van der Waals surface area contributed by atoms with E-state index in [1.165, 1.54) is 12.1 Å². The Morgan fingerprint density at radius 1 is 1.24 bits per heavy atom. The fourth-order valence-electron chi connectivity index (χ4n) is 2.46. The molecule has 21 heavy (non-hydrogen) atoms. The number of carbonyl (C=O) groups is 1. The number of carbonyl (C=O) groups excluding carboxylic acids is 1. The molecule has 0 spiro atoms. The Hall–Kier alpha value is -1.62. The van der Waals surface area contributed by atoms with Crippen molar-refractivity contribution >= 4 is 15.8 Å². The first kappa shape index (κ1) is 15.8. The average molecular weight is 308 g/mol. The number of benzene rings is 1. The SMILES string of the molecule is CC1CC=CCC1COC(=O)c1ccccc1S(C)(=O)=O. The van der Waals surface area contributed by atoms with Crippen LogP contribution in [0.4, 0.5) is 0 Å². The maximum atomic E-state index is 12.2. The van der Waals surface area contributed by atoms with Crippen LogP contribution in [0.2, 0.25) is 0 Å². The molecule has 0 heterocycles. The molecule has 0 aromatic heterocycles. The third kappa shape index (κ3) is 3.94. The highest BCUT2D eigenvalue weighted by atomic mass is 32.2. The molecule has 2 atom stereocenters. The monoisotopic (exact) mass is 308 g/mol. The predicted molar refractivity (Wildman–Crippen MR) is 80.9 cm³/mol. The van der Waals surface area contributed by atoms with Crippen LogP contribution in [0.1, 0.15) is 30.1 Å². The van der Waals surface area contributed by atoms with Crippen molar-refractivity contribution in [3.8, 4) is 0 Å². The molecule has 114 valence electrons. The largest absolute Gasteiger partial charge is 0.462 e. The fraction of sp³-hybridized carbons (Fsp3) is 0.438. The van der Waals surface area contributed by atoms with Crippen LogP contribution in [0, 0.1) is 11.8 Å². The van der Waals surface area contributed by atoms with Gasteiger partial charge in [-0.05, 0) is 36.8 Å². The van der Waals surface area contributed by atoms with Gasteiger partial charge in [-0.1, -0.05) is 31.2 Å². The van der Waals surface area contributed by atoms with Crippen LogP contribution in [-0.2, 0) is 14.6 Å². The summed E-state index contributed by atoms with van der Waals surface area (Å²) in [5, 5.41) is 0. The van der Waals surface area contributed by atoms with E-state index in [9.17, 15) is 13.2 Å². The molecule has 1 aromatic rings. The van der Waals surface area contributed by atoms with Crippen LogP contribution < -0.4 is 0 Å². The number of sulfone groups is 1. The van der Waals surface area contributed by atoms with Crippen molar-refractivity contribution in [3.63, 3.8) is 0 Å². The molecule has 0 saturated heterocycles. The second-order valence-corrected chi connectivity index (χ2v) is 7.53. The van der Waals surface area contributed by atoms with Crippen molar-refractivity contribution in [1.29, 1.82) is 0 Å². The Labute approximate surface area is 125 Å². The first-order chi connectivity index (χ1) is 9.89. The molecule has 0 N–H and O–H groups in total. The molecule has 0 amide bonds. The Balaban J connectivity index is 2.09. The quantitative estimate of drug-likeness (QED) is 0.634. The van der Waals surface area contributed by atoms with Crippen LogP contribution in [0.15, 0.2) is 41.3 Å². The van der Waals surface area contributed by atoms with Crippen molar-refractivity contribution < 1.29 is 17.9 Å². The van der Waals surface area contributed by atoms with Crippen LogP contribution in [-0.4, -0.2) is 27.2 Å². The van der Waals surface area contributed by atoms with E-state index >= 15 is 0 Å². The summed E-state index contributed by atoms with van der Waals surface area (Å²) in [5.41, 5.74) is 0.110. The standard InChI is InChI=1S/C16H20O4S/c1-12-7-3-4-8-13(12)11-20-16(17)14-9-5-6-10-15(14)21(2,18)19/h3-6,9-10,12-13H,7-8,11H2,1-2H3. The van der Waals surface area contributed by atoms with E-state index in [-0.39, 0.29) is 10.5 Å². The summed E-state index contributed by atoms with van der Waals surface area (Å²) in [6.45, 7) is 2.45. The van der Waals surface area contributed by atoms with Crippen molar-refractivity contribution in [2.24, 2.45) is 11.8 Å². The molecule has 4 nitrogen and oxygen atoms in total. The molecule has 5 heteroatoms. The highest BCUT2D eigenvalue weighted by Gasteiger charge is 2.23. The molecule has 1 aliphatic carbocycles. The van der Waals surface area contributed by atoms with Gasteiger partial charge in [-0.3, -0.25) is 0 Å². The van der Waals surface area contributed by atoms with Gasteiger partial charge in [0.25, 0.3) is 0 Å². The van der Waals surface area contributed by atoms with E-state index in [1.54, 1.807) is 12.1 Å². The summed E-state index contributed by atoms with van der Waals surface area (Å²) in [6, 6.07) is 6.15. The number of esters is 1. The third-order valence-electron chi connectivity index (χ3n) is 3.85. The minimum Gasteiger partial charge on any atom is -0.462 e. The fourth-order valence-corrected chi connectivity index (χ4v) is 3.33. The molecule has 0 aliphatic heterocycles. The summed E-state index contributed by atoms with van der Waals surface area (Å²) in [5.74, 6) is 0.190. The second kappa shape index (κ2) is 6.43. The zero-order chi connectivity index (χ0) is 15.5. The summed E-state index contributed by atoms with van der Waals surface area (Å²) < 4.78 is 28.7. The minimum absolute atomic E-state index is 0.0200. The van der Waals surface area contributed by atoms with Gasteiger partial charge in [0.05, 0.1) is 17.1 Å². The Bertz CT molecular complexity index is 646. The number of hydrogen-bond donors (Lipinski definition) is 0. The molecule has 2 rings (SSSR count). The minimum atomic E-state index is -3.44. The third-order valence-corrected chi connectivity index (χ3v) is 5.01. The lowest BCUT2D eigenvalue weighted by Crippen LogP contribution is -2.22. The maximum Gasteiger partial charge on any atom is 0.339 e. The lowest BCUT2D eigenvalue weighted by Gasteiger charge is -2.24. The Morgan fingerprint density at radius 2 is 1.90 bits per heavy atom. The van der Waals surface area contributed by atoms with Gasteiger partial charge >= 0.3 is 5.97 Å². The summed E-state index contributed by atoms with van der Waals surface area (Å²) in [7, 11) is -3.44. The molecular formula is C16H20O4S. The molecule has 1 aromatic carbocycles. The van der Waals surface area contributed by atoms with Gasteiger partial charge in [-0.25, -0.2) is 13.2 Å². The molecule has 0 radical (unpaired) electrons. The van der Waals surface area contributed by atoms with Gasteiger partial charge in [0.2, 0.25) is 0 Å². The number of rotatable bonds is 4. The number of hydrogen-bond acceptors (Lipinski definition) is 4. The molecule has 2 unspecified atom stereocenters. The Kier molecular flexibility index (Phi) is 4.83. The smallest absolute Gasteiger partial charge is 0.339 e. The van der Waals surface area contributed by atoms with E-state index in [1.807, 2.05) is 0 Å². The zero-order valence-electron chi connectivity index (χ0n) is 12.3. The van der Waals surface area contributed by atoms with Gasteiger partial charge in [0.1, 0.15) is 0 Å². The lowest BCUT2D eigenvalue weighted by atomic mass is 9.85. The highest BCUT2D eigenvalue weighted by molar-refractivity contribution is 7.90. The highest BCUT2D eigenvalue weighted by Crippen LogP contribution is 2.25. The van der Waals surface area contributed by atoms with E-state index < -0.39 is 15.8 Å². The normalized spacial score (nSPS) is 22.0. The van der Waals surface area contributed by atoms with Crippen molar-refractivity contribution in [2.45, 2.75) is 24.7 Å². The van der Waals surface area contributed by atoms with E-state index in [2.05, 4.69) is 19.1 Å². The molecular weight excluding hydrogens is 288 g/mol. The van der Waals surface area contributed by atoms with Gasteiger partial charge < -0.3 is 4.74 Å². The van der Waals surface area contributed by atoms with E-state index in [0.29, 0.717) is 18.4 Å². The number of allylic oxidation sites excluding steroid dienone is 2. The van der Waals surface area contributed by atoms with Gasteiger partial charge in [-0.2, -0.15) is 0 Å². The average Bonchev–Trinajstić information content (AvgIpc) is 2.45. The van der Waals surface area contributed by atoms with Crippen LogP contribution in [0.25, 0.3) is 0 Å². The Morgan fingerprint density at radius 3 is 2.57 bits per heavy atom. The first-order valence-corrected chi connectivity index (χ1v) is 8.90.